The topological polar surface area (TPSA) is 17.1 Å². The molecule has 0 unspecified atom stereocenters. The van der Waals surface area contributed by atoms with E-state index in [2.05, 4.69) is 32.0 Å². The minimum atomic E-state index is 0.202. The Morgan fingerprint density at radius 3 is 2.43 bits per heavy atom. The number of fused-ring (bicyclic) bond motifs is 1. The van der Waals surface area contributed by atoms with Crippen LogP contribution in [-0.2, 0) is 12.8 Å². The molecule has 1 aromatic carbocycles. The van der Waals surface area contributed by atoms with Gasteiger partial charge in [0, 0.05) is 10.4 Å². The smallest absolute Gasteiger partial charge is 0.203 e. The Hall–Kier alpha value is -1.41. The van der Waals surface area contributed by atoms with Crippen molar-refractivity contribution in [1.29, 1.82) is 0 Å². The van der Waals surface area contributed by atoms with Crippen molar-refractivity contribution in [1.82, 2.24) is 0 Å². The van der Waals surface area contributed by atoms with E-state index in [1.54, 1.807) is 11.3 Å². The first-order chi connectivity index (χ1) is 10.1. The van der Waals surface area contributed by atoms with Crippen molar-refractivity contribution in [3.05, 3.63) is 55.8 Å². The standard InChI is InChI=1S/C19H22OS/c1-12-9-14(3)16(10-13(12)2)19(20)18-11-15-7-5-4-6-8-17(15)21-18/h9-11H,4-8H2,1-3H3. The minimum absolute atomic E-state index is 0.202. The van der Waals surface area contributed by atoms with Gasteiger partial charge in [0.2, 0.25) is 5.78 Å². The highest BCUT2D eigenvalue weighted by Gasteiger charge is 2.19. The molecule has 0 amide bonds. The van der Waals surface area contributed by atoms with E-state index >= 15 is 0 Å². The van der Waals surface area contributed by atoms with Gasteiger partial charge in [0.1, 0.15) is 0 Å². The largest absolute Gasteiger partial charge is 0.288 e. The quantitative estimate of drug-likeness (QED) is 0.552. The molecule has 110 valence electrons. The summed E-state index contributed by atoms with van der Waals surface area (Å²) in [5, 5.41) is 0. The summed E-state index contributed by atoms with van der Waals surface area (Å²) in [6.07, 6.45) is 6.15. The van der Waals surface area contributed by atoms with Gasteiger partial charge in [0.05, 0.1) is 4.88 Å². The highest BCUT2D eigenvalue weighted by atomic mass is 32.1. The number of carbonyl (C=O) groups is 1. The van der Waals surface area contributed by atoms with Crippen molar-refractivity contribution >= 4 is 17.1 Å². The van der Waals surface area contributed by atoms with E-state index in [1.807, 2.05) is 6.92 Å². The van der Waals surface area contributed by atoms with Crippen LogP contribution in [0.4, 0.5) is 0 Å². The lowest BCUT2D eigenvalue weighted by Crippen LogP contribution is -2.03. The second-order valence-corrected chi connectivity index (χ2v) is 7.34. The molecular weight excluding hydrogens is 276 g/mol. The van der Waals surface area contributed by atoms with Crippen molar-refractivity contribution in [3.8, 4) is 0 Å². The first kappa shape index (κ1) is 14.5. The SMILES string of the molecule is Cc1cc(C)c(C(=O)c2cc3c(s2)CCCCC3)cc1C. The van der Waals surface area contributed by atoms with Crippen LogP contribution in [0.25, 0.3) is 0 Å². The van der Waals surface area contributed by atoms with Crippen LogP contribution in [0.3, 0.4) is 0 Å². The molecule has 1 aromatic heterocycles. The number of benzene rings is 1. The molecule has 21 heavy (non-hydrogen) atoms. The van der Waals surface area contributed by atoms with Crippen LogP contribution in [0.1, 0.15) is 61.6 Å². The normalized spacial score (nSPS) is 14.6. The number of carbonyl (C=O) groups excluding carboxylic acids is 1. The second-order valence-electron chi connectivity index (χ2n) is 6.20. The average Bonchev–Trinajstić information content (AvgIpc) is 2.73. The van der Waals surface area contributed by atoms with Gasteiger partial charge in [-0.3, -0.25) is 4.79 Å². The minimum Gasteiger partial charge on any atom is -0.288 e. The number of hydrogen-bond acceptors (Lipinski definition) is 2. The molecule has 1 heterocycles. The van der Waals surface area contributed by atoms with E-state index in [9.17, 15) is 4.79 Å². The molecule has 0 saturated heterocycles. The zero-order valence-electron chi connectivity index (χ0n) is 13.1. The number of rotatable bonds is 2. The van der Waals surface area contributed by atoms with Gasteiger partial charge in [0.15, 0.2) is 0 Å². The van der Waals surface area contributed by atoms with Crippen LogP contribution < -0.4 is 0 Å². The van der Waals surface area contributed by atoms with Gasteiger partial charge in [-0.05, 0) is 80.8 Å². The zero-order chi connectivity index (χ0) is 15.0. The molecule has 2 heteroatoms. The third kappa shape index (κ3) is 2.82. The summed E-state index contributed by atoms with van der Waals surface area (Å²) in [5.74, 6) is 0.202. The zero-order valence-corrected chi connectivity index (χ0v) is 13.9. The summed E-state index contributed by atoms with van der Waals surface area (Å²) < 4.78 is 0. The maximum atomic E-state index is 12.8. The molecule has 0 saturated carbocycles. The van der Waals surface area contributed by atoms with Crippen molar-refractivity contribution < 1.29 is 4.79 Å². The van der Waals surface area contributed by atoms with Crippen LogP contribution in [0.15, 0.2) is 18.2 Å². The fourth-order valence-corrected chi connectivity index (χ4v) is 4.32. The number of ketones is 1. The summed E-state index contributed by atoms with van der Waals surface area (Å²) in [6, 6.07) is 6.33. The van der Waals surface area contributed by atoms with Gasteiger partial charge < -0.3 is 0 Å². The molecule has 0 atom stereocenters. The summed E-state index contributed by atoms with van der Waals surface area (Å²) >= 11 is 1.72. The van der Waals surface area contributed by atoms with Crippen molar-refractivity contribution in [2.75, 3.05) is 0 Å². The predicted octanol–water partition coefficient (Wildman–Crippen LogP) is 5.17. The molecule has 1 nitrogen and oxygen atoms in total. The third-order valence-corrected chi connectivity index (χ3v) is 5.79. The Kier molecular flexibility index (Phi) is 3.99. The summed E-state index contributed by atoms with van der Waals surface area (Å²) in [5.41, 5.74) is 5.83. The van der Waals surface area contributed by atoms with Crippen LogP contribution in [0, 0.1) is 20.8 Å². The maximum Gasteiger partial charge on any atom is 0.203 e. The van der Waals surface area contributed by atoms with Gasteiger partial charge in [-0.15, -0.1) is 11.3 Å². The van der Waals surface area contributed by atoms with E-state index in [4.69, 9.17) is 0 Å². The number of hydrogen-bond donors (Lipinski definition) is 0. The Bertz CT molecular complexity index is 670. The van der Waals surface area contributed by atoms with E-state index < -0.39 is 0 Å². The molecule has 0 spiro atoms. The molecule has 3 rings (SSSR count). The van der Waals surface area contributed by atoms with E-state index in [-0.39, 0.29) is 5.78 Å². The van der Waals surface area contributed by atoms with E-state index in [1.165, 1.54) is 40.8 Å². The van der Waals surface area contributed by atoms with E-state index in [0.29, 0.717) is 0 Å². The maximum absolute atomic E-state index is 12.8. The van der Waals surface area contributed by atoms with Crippen molar-refractivity contribution in [3.63, 3.8) is 0 Å². The second kappa shape index (κ2) is 5.76. The van der Waals surface area contributed by atoms with Gasteiger partial charge in [-0.2, -0.15) is 0 Å². The first-order valence-corrected chi connectivity index (χ1v) is 8.62. The van der Waals surface area contributed by atoms with Crippen LogP contribution in [-0.4, -0.2) is 5.78 Å². The molecular formula is C19H22OS. The number of thiophene rings is 1. The molecule has 0 fully saturated rings. The van der Waals surface area contributed by atoms with Crippen LogP contribution in [0.2, 0.25) is 0 Å². The Morgan fingerprint density at radius 1 is 0.905 bits per heavy atom. The lowest BCUT2D eigenvalue weighted by Gasteiger charge is -2.08. The highest BCUT2D eigenvalue weighted by molar-refractivity contribution is 7.14. The fourth-order valence-electron chi connectivity index (χ4n) is 3.12. The van der Waals surface area contributed by atoms with Crippen molar-refractivity contribution in [2.45, 2.75) is 52.9 Å². The summed E-state index contributed by atoms with van der Waals surface area (Å²) in [4.78, 5) is 15.2. The van der Waals surface area contributed by atoms with Gasteiger partial charge in [-0.25, -0.2) is 0 Å². The molecule has 0 radical (unpaired) electrons. The summed E-state index contributed by atoms with van der Waals surface area (Å²) in [7, 11) is 0. The Balaban J connectivity index is 1.97. The Labute approximate surface area is 131 Å². The lowest BCUT2D eigenvalue weighted by molar-refractivity contribution is 0.104. The molecule has 1 aliphatic rings. The monoisotopic (exact) mass is 298 g/mol. The lowest BCUT2D eigenvalue weighted by atomic mass is 9.97. The van der Waals surface area contributed by atoms with E-state index in [0.717, 1.165) is 28.8 Å². The third-order valence-electron chi connectivity index (χ3n) is 4.56. The van der Waals surface area contributed by atoms with Crippen molar-refractivity contribution in [2.24, 2.45) is 0 Å². The predicted molar refractivity (Wildman–Crippen MR) is 89.7 cm³/mol. The number of aryl methyl sites for hydroxylation is 5. The average molecular weight is 298 g/mol. The highest BCUT2D eigenvalue weighted by Crippen LogP contribution is 2.31. The van der Waals surface area contributed by atoms with Gasteiger partial charge >= 0.3 is 0 Å². The molecule has 0 aliphatic heterocycles. The molecule has 1 aliphatic carbocycles. The molecule has 0 bridgehead atoms. The first-order valence-electron chi connectivity index (χ1n) is 7.80. The van der Waals surface area contributed by atoms with Gasteiger partial charge in [-0.1, -0.05) is 12.5 Å². The van der Waals surface area contributed by atoms with Crippen LogP contribution >= 0.6 is 11.3 Å². The molecule has 2 aromatic rings. The fraction of sp³-hybridized carbons (Fsp3) is 0.421. The molecule has 0 N–H and O–H groups in total. The summed E-state index contributed by atoms with van der Waals surface area (Å²) in [6.45, 7) is 6.22. The van der Waals surface area contributed by atoms with Crippen LogP contribution in [0.5, 0.6) is 0 Å². The Morgan fingerprint density at radius 2 is 1.62 bits per heavy atom. The van der Waals surface area contributed by atoms with Gasteiger partial charge in [0.25, 0.3) is 0 Å².